The van der Waals surface area contributed by atoms with Gasteiger partial charge in [0.1, 0.15) is 5.76 Å². The number of aryl methyl sites for hydroxylation is 1. The van der Waals surface area contributed by atoms with E-state index in [1.54, 1.807) is 12.1 Å². The van der Waals surface area contributed by atoms with Gasteiger partial charge in [-0.1, -0.05) is 30.3 Å². The van der Waals surface area contributed by atoms with Crippen LogP contribution in [0.25, 0.3) is 0 Å². The highest BCUT2D eigenvalue weighted by molar-refractivity contribution is 5.91. The molecule has 1 aromatic carbocycles. The molecule has 1 N–H and O–H groups in total. The number of piperidine rings is 1. The second-order valence-corrected chi connectivity index (χ2v) is 7.07. The minimum atomic E-state index is -0.242. The van der Waals surface area contributed by atoms with E-state index in [1.807, 2.05) is 30.0 Å². The molecule has 2 aliphatic heterocycles. The molecule has 3 heterocycles. The fourth-order valence-electron chi connectivity index (χ4n) is 4.21. The molecule has 25 heavy (non-hydrogen) atoms. The van der Waals surface area contributed by atoms with Crippen molar-refractivity contribution in [3.63, 3.8) is 0 Å². The summed E-state index contributed by atoms with van der Waals surface area (Å²) in [6, 6.07) is 13.7. The second kappa shape index (κ2) is 6.06. The lowest BCUT2D eigenvalue weighted by atomic mass is 9.74. The van der Waals surface area contributed by atoms with Gasteiger partial charge in [-0.25, -0.2) is 0 Å². The van der Waals surface area contributed by atoms with Crippen molar-refractivity contribution >= 4 is 11.8 Å². The molecule has 0 bridgehead atoms. The molecule has 5 heteroatoms. The first-order valence-electron chi connectivity index (χ1n) is 8.79. The molecule has 2 fully saturated rings. The van der Waals surface area contributed by atoms with Crippen LogP contribution in [-0.2, 0) is 4.79 Å². The van der Waals surface area contributed by atoms with Crippen molar-refractivity contribution in [3.8, 4) is 0 Å². The Kier molecular flexibility index (Phi) is 3.86. The summed E-state index contributed by atoms with van der Waals surface area (Å²) in [5.41, 5.74) is 0.955. The molecule has 1 aromatic heterocycles. The van der Waals surface area contributed by atoms with E-state index >= 15 is 0 Å². The van der Waals surface area contributed by atoms with Crippen LogP contribution in [0.3, 0.4) is 0 Å². The summed E-state index contributed by atoms with van der Waals surface area (Å²) in [6.45, 7) is 3.09. The third kappa shape index (κ3) is 2.84. The van der Waals surface area contributed by atoms with Crippen LogP contribution >= 0.6 is 0 Å². The summed E-state index contributed by atoms with van der Waals surface area (Å²) in [6.07, 6.45) is 2.06. The average Bonchev–Trinajstić information content (AvgIpc) is 3.19. The average molecular weight is 338 g/mol. The summed E-state index contributed by atoms with van der Waals surface area (Å²) >= 11 is 0. The molecule has 2 aromatic rings. The van der Waals surface area contributed by atoms with Gasteiger partial charge < -0.3 is 14.6 Å². The highest BCUT2D eigenvalue weighted by Crippen LogP contribution is 2.43. The van der Waals surface area contributed by atoms with Crippen LogP contribution < -0.4 is 5.32 Å². The Hall–Kier alpha value is -2.56. The molecule has 1 spiro atoms. The number of carbonyl (C=O) groups excluding carboxylic acids is 2. The van der Waals surface area contributed by atoms with Crippen LogP contribution in [0, 0.1) is 6.92 Å². The maximum absolute atomic E-state index is 12.6. The molecule has 0 saturated carbocycles. The highest BCUT2D eigenvalue weighted by atomic mass is 16.3. The third-order valence-corrected chi connectivity index (χ3v) is 5.54. The first-order valence-corrected chi connectivity index (χ1v) is 8.79. The number of hydrogen-bond donors (Lipinski definition) is 1. The zero-order valence-electron chi connectivity index (χ0n) is 14.3. The third-order valence-electron chi connectivity index (χ3n) is 5.54. The Morgan fingerprint density at radius 2 is 1.88 bits per heavy atom. The smallest absolute Gasteiger partial charge is 0.289 e. The summed E-state index contributed by atoms with van der Waals surface area (Å²) in [7, 11) is 0. The number of carbonyl (C=O) groups is 2. The summed E-state index contributed by atoms with van der Waals surface area (Å²) in [4.78, 5) is 26.5. The number of hydrogen-bond acceptors (Lipinski definition) is 3. The number of furan rings is 1. The molecule has 5 nitrogen and oxygen atoms in total. The predicted molar refractivity (Wildman–Crippen MR) is 93.3 cm³/mol. The van der Waals surface area contributed by atoms with Gasteiger partial charge in [-0.05, 0) is 37.5 Å². The van der Waals surface area contributed by atoms with E-state index in [2.05, 4.69) is 17.4 Å². The summed E-state index contributed by atoms with van der Waals surface area (Å²) in [5.74, 6) is 1.34. The van der Waals surface area contributed by atoms with Crippen LogP contribution in [0.1, 0.15) is 47.1 Å². The number of benzene rings is 1. The minimum Gasteiger partial charge on any atom is -0.456 e. The standard InChI is InChI=1S/C20H22N2O3/c1-14-7-8-17(25-14)19(24)22-11-9-20(10-12-22)16(13-18(23)21-20)15-5-3-2-4-6-15/h2-8,16H,9-13H2,1H3,(H,21,23). The molecular formula is C20H22N2O3. The number of nitrogens with zero attached hydrogens (tertiary/aromatic N) is 1. The van der Waals surface area contributed by atoms with Crippen LogP contribution in [0.15, 0.2) is 46.9 Å². The first-order chi connectivity index (χ1) is 12.1. The van der Waals surface area contributed by atoms with Crippen molar-refractivity contribution in [2.24, 2.45) is 0 Å². The van der Waals surface area contributed by atoms with Crippen molar-refractivity contribution in [1.29, 1.82) is 0 Å². The lowest BCUT2D eigenvalue weighted by Gasteiger charge is -2.42. The zero-order chi connectivity index (χ0) is 17.4. The lowest BCUT2D eigenvalue weighted by Crippen LogP contribution is -2.54. The maximum atomic E-state index is 12.6. The Labute approximate surface area is 147 Å². The maximum Gasteiger partial charge on any atom is 0.289 e. The van der Waals surface area contributed by atoms with E-state index in [0.29, 0.717) is 25.3 Å². The van der Waals surface area contributed by atoms with Crippen LogP contribution in [0.2, 0.25) is 0 Å². The molecule has 1 unspecified atom stereocenters. The highest BCUT2D eigenvalue weighted by Gasteiger charge is 2.49. The van der Waals surface area contributed by atoms with Crippen LogP contribution in [0.5, 0.6) is 0 Å². The molecule has 2 aliphatic rings. The van der Waals surface area contributed by atoms with Gasteiger partial charge in [0, 0.05) is 25.4 Å². The molecule has 2 saturated heterocycles. The van der Waals surface area contributed by atoms with Gasteiger partial charge in [-0.2, -0.15) is 0 Å². The van der Waals surface area contributed by atoms with E-state index in [1.165, 1.54) is 5.56 Å². The lowest BCUT2D eigenvalue weighted by molar-refractivity contribution is -0.120. The van der Waals surface area contributed by atoms with Crippen molar-refractivity contribution in [2.45, 2.75) is 37.6 Å². The Balaban J connectivity index is 1.51. The van der Waals surface area contributed by atoms with Gasteiger partial charge in [0.05, 0.1) is 5.54 Å². The number of amides is 2. The second-order valence-electron chi connectivity index (χ2n) is 7.07. The van der Waals surface area contributed by atoms with Gasteiger partial charge in [-0.15, -0.1) is 0 Å². The molecule has 1 atom stereocenters. The number of likely N-dealkylation sites (tertiary alicyclic amines) is 1. The topological polar surface area (TPSA) is 62.6 Å². The van der Waals surface area contributed by atoms with E-state index in [-0.39, 0.29) is 23.3 Å². The first kappa shape index (κ1) is 15.9. The minimum absolute atomic E-state index is 0.0662. The fraction of sp³-hybridized carbons (Fsp3) is 0.400. The molecule has 4 rings (SSSR count). The van der Waals surface area contributed by atoms with Crippen LogP contribution in [-0.4, -0.2) is 35.3 Å². The molecular weight excluding hydrogens is 316 g/mol. The van der Waals surface area contributed by atoms with E-state index < -0.39 is 0 Å². The normalized spacial score (nSPS) is 22.2. The van der Waals surface area contributed by atoms with Crippen LogP contribution in [0.4, 0.5) is 0 Å². The predicted octanol–water partition coefficient (Wildman–Crippen LogP) is 2.87. The van der Waals surface area contributed by atoms with Gasteiger partial charge >= 0.3 is 0 Å². The summed E-state index contributed by atoms with van der Waals surface area (Å²) in [5, 5.41) is 3.22. The number of rotatable bonds is 2. The summed E-state index contributed by atoms with van der Waals surface area (Å²) < 4.78 is 5.46. The number of nitrogens with one attached hydrogen (secondary N) is 1. The SMILES string of the molecule is Cc1ccc(C(=O)N2CCC3(CC2)NC(=O)CC3c2ccccc2)o1. The van der Waals surface area contributed by atoms with E-state index in [9.17, 15) is 9.59 Å². The molecule has 130 valence electrons. The fourth-order valence-corrected chi connectivity index (χ4v) is 4.21. The molecule has 0 radical (unpaired) electrons. The quantitative estimate of drug-likeness (QED) is 0.916. The van der Waals surface area contributed by atoms with E-state index in [0.717, 1.165) is 18.6 Å². The van der Waals surface area contributed by atoms with Crippen molar-refractivity contribution in [1.82, 2.24) is 10.2 Å². The van der Waals surface area contributed by atoms with Crippen molar-refractivity contribution in [3.05, 3.63) is 59.5 Å². The largest absolute Gasteiger partial charge is 0.456 e. The van der Waals surface area contributed by atoms with Crippen molar-refractivity contribution in [2.75, 3.05) is 13.1 Å². The zero-order valence-corrected chi connectivity index (χ0v) is 14.3. The van der Waals surface area contributed by atoms with Gasteiger partial charge in [0.2, 0.25) is 5.91 Å². The van der Waals surface area contributed by atoms with E-state index in [4.69, 9.17) is 4.42 Å². The van der Waals surface area contributed by atoms with Gasteiger partial charge in [0.15, 0.2) is 5.76 Å². The van der Waals surface area contributed by atoms with Gasteiger partial charge in [-0.3, -0.25) is 9.59 Å². The Morgan fingerprint density at radius 1 is 1.16 bits per heavy atom. The monoisotopic (exact) mass is 338 g/mol. The van der Waals surface area contributed by atoms with Gasteiger partial charge in [0.25, 0.3) is 5.91 Å². The molecule has 0 aliphatic carbocycles. The van der Waals surface area contributed by atoms with Crippen molar-refractivity contribution < 1.29 is 14.0 Å². The Bertz CT molecular complexity index is 788. The molecule has 2 amide bonds. The Morgan fingerprint density at radius 3 is 2.52 bits per heavy atom.